The molecule has 0 radical (unpaired) electrons. The van der Waals surface area contributed by atoms with Crippen LogP contribution in [0, 0.1) is 39.9 Å². The summed E-state index contributed by atoms with van der Waals surface area (Å²) in [7, 11) is 0. The zero-order valence-electron chi connectivity index (χ0n) is 21.9. The third-order valence-electron chi connectivity index (χ3n) is 12.8. The minimum absolute atomic E-state index is 0.167. The number of rotatable bonds is 1. The van der Waals surface area contributed by atoms with E-state index in [0.29, 0.717) is 38.5 Å². The van der Waals surface area contributed by atoms with Crippen molar-refractivity contribution in [3.63, 3.8) is 0 Å². The molecule has 5 N–H and O–H groups in total. The molecule has 5 fully saturated rings. The highest BCUT2D eigenvalue weighted by atomic mass is 35.5. The predicted octanol–water partition coefficient (Wildman–Crippen LogP) is 1.47. The molecule has 1 heterocycles. The number of halogens is 1. The maximum absolute atomic E-state index is 13.3. The van der Waals surface area contributed by atoms with Gasteiger partial charge in [0.25, 0.3) is 0 Å². The summed E-state index contributed by atoms with van der Waals surface area (Å²) < 4.78 is 5.68. The van der Waals surface area contributed by atoms with Crippen LogP contribution in [-0.4, -0.2) is 77.8 Å². The second kappa shape index (κ2) is 7.38. The molecule has 6 rings (SSSR count). The number of carbonyl (C=O) groups is 2. The standard InChI is InChI=1S/C28H39ClO8/c1-23-11-16(17(12-23)37-22(33)26(23,4)34)27(35)21(32)10-15-13-9-18(29)28(36)20(31)6-5-19(30)25(28,3)14(13)7-8-24(15,27)2/h5-6,13-18,20-21,31-32,34-36H,7-12H2,1-4H3/t13-,14+,15+,16+,17-,18+,20+,21-,23-,24+,25+,26+,27-,28+/m1/s1. The van der Waals surface area contributed by atoms with Crippen molar-refractivity contribution in [3.05, 3.63) is 12.2 Å². The number of carbonyl (C=O) groups excluding carboxylic acids is 2. The summed E-state index contributed by atoms with van der Waals surface area (Å²) in [6.07, 6.45) is 2.08. The van der Waals surface area contributed by atoms with Crippen LogP contribution in [0.4, 0.5) is 0 Å². The number of hydrogen-bond acceptors (Lipinski definition) is 8. The van der Waals surface area contributed by atoms with E-state index in [9.17, 15) is 35.1 Å². The van der Waals surface area contributed by atoms with Crippen LogP contribution in [0.1, 0.15) is 66.2 Å². The number of aliphatic hydroxyl groups excluding tert-OH is 2. The smallest absolute Gasteiger partial charge is 0.338 e. The van der Waals surface area contributed by atoms with Crippen LogP contribution in [-0.2, 0) is 14.3 Å². The van der Waals surface area contributed by atoms with Crippen LogP contribution in [0.3, 0.4) is 0 Å². The van der Waals surface area contributed by atoms with E-state index >= 15 is 0 Å². The van der Waals surface area contributed by atoms with Crippen LogP contribution in [0.2, 0.25) is 0 Å². The van der Waals surface area contributed by atoms with Crippen LogP contribution in [0.25, 0.3) is 0 Å². The first-order valence-corrected chi connectivity index (χ1v) is 14.0. The first-order valence-electron chi connectivity index (χ1n) is 13.6. The molecule has 0 aromatic carbocycles. The molecular weight excluding hydrogens is 500 g/mol. The molecule has 2 bridgehead atoms. The Morgan fingerprint density at radius 3 is 2.30 bits per heavy atom. The lowest BCUT2D eigenvalue weighted by Crippen LogP contribution is -2.73. The van der Waals surface area contributed by atoms with Gasteiger partial charge in [0.05, 0.1) is 16.9 Å². The highest BCUT2D eigenvalue weighted by Gasteiger charge is 2.77. The topological polar surface area (TPSA) is 145 Å². The molecular formula is C28H39ClO8. The highest BCUT2D eigenvalue weighted by molar-refractivity contribution is 6.22. The molecule has 206 valence electrons. The summed E-state index contributed by atoms with van der Waals surface area (Å²) in [5, 5.41) is 56.6. The summed E-state index contributed by atoms with van der Waals surface area (Å²) in [5.41, 5.74) is -7.90. The van der Waals surface area contributed by atoms with E-state index in [0.717, 1.165) is 0 Å². The lowest BCUT2D eigenvalue weighted by Gasteiger charge is -2.64. The second-order valence-corrected chi connectivity index (χ2v) is 14.4. The summed E-state index contributed by atoms with van der Waals surface area (Å²) in [6.45, 7) is 7.00. The van der Waals surface area contributed by atoms with Gasteiger partial charge in [0.15, 0.2) is 11.4 Å². The molecule has 0 unspecified atom stereocenters. The number of aliphatic hydroxyl groups is 5. The number of alkyl halides is 1. The normalized spacial score (nSPS) is 62.5. The Kier molecular flexibility index (Phi) is 5.22. The Bertz CT molecular complexity index is 1090. The molecule has 37 heavy (non-hydrogen) atoms. The average molecular weight is 539 g/mol. The lowest BCUT2D eigenvalue weighted by molar-refractivity contribution is -0.232. The molecule has 9 heteroatoms. The summed E-state index contributed by atoms with van der Waals surface area (Å²) >= 11 is 6.80. The van der Waals surface area contributed by atoms with Gasteiger partial charge in [0.2, 0.25) is 0 Å². The van der Waals surface area contributed by atoms with Gasteiger partial charge in [0.1, 0.15) is 23.4 Å². The van der Waals surface area contributed by atoms with Crippen molar-refractivity contribution in [1.29, 1.82) is 0 Å². The SMILES string of the molecule is C[C@@]12C[C@@H](OC(=O)[C@]1(C)O)[C@@H]([C@@]1(O)[C@H](O)C[C@H]3[C@@H]4C[C@H](Cl)[C@]5(O)[C@@H](O)C=CC(=O)[C@]5(C)[C@H]4CC[C@@]31C)C2. The lowest BCUT2D eigenvalue weighted by atomic mass is 9.42. The van der Waals surface area contributed by atoms with Gasteiger partial charge in [-0.25, -0.2) is 4.79 Å². The number of ether oxygens (including phenoxy) is 1. The zero-order valence-corrected chi connectivity index (χ0v) is 22.6. The number of allylic oxidation sites excluding steroid dienone is 1. The number of fused-ring (bicyclic) bond motifs is 7. The van der Waals surface area contributed by atoms with Gasteiger partial charge < -0.3 is 30.3 Å². The quantitative estimate of drug-likeness (QED) is 0.249. The summed E-state index contributed by atoms with van der Waals surface area (Å²) in [6, 6.07) is 0. The second-order valence-electron chi connectivity index (χ2n) is 13.9. The van der Waals surface area contributed by atoms with Crippen molar-refractivity contribution in [1.82, 2.24) is 0 Å². The van der Waals surface area contributed by atoms with Gasteiger partial charge in [-0.3, -0.25) is 4.79 Å². The molecule has 0 amide bonds. The van der Waals surface area contributed by atoms with Gasteiger partial charge in [-0.2, -0.15) is 0 Å². The minimum atomic E-state index is -1.81. The van der Waals surface area contributed by atoms with E-state index in [1.54, 1.807) is 6.92 Å². The summed E-state index contributed by atoms with van der Waals surface area (Å²) in [4.78, 5) is 26.0. The first kappa shape index (κ1) is 26.2. The van der Waals surface area contributed by atoms with Gasteiger partial charge in [-0.15, -0.1) is 11.6 Å². The van der Waals surface area contributed by atoms with Crippen LogP contribution < -0.4 is 0 Å². The fourth-order valence-corrected chi connectivity index (χ4v) is 10.8. The van der Waals surface area contributed by atoms with Gasteiger partial charge in [-0.1, -0.05) is 13.8 Å². The minimum Gasteiger partial charge on any atom is -0.460 e. The van der Waals surface area contributed by atoms with Crippen molar-refractivity contribution in [2.75, 3.05) is 0 Å². The fourth-order valence-electron chi connectivity index (χ4n) is 10.2. The average Bonchev–Trinajstić information content (AvgIpc) is 3.25. The van der Waals surface area contributed by atoms with Crippen molar-refractivity contribution >= 4 is 23.4 Å². The van der Waals surface area contributed by atoms with Crippen molar-refractivity contribution < 1.29 is 39.9 Å². The molecule has 8 nitrogen and oxygen atoms in total. The summed E-state index contributed by atoms with van der Waals surface area (Å²) in [5.74, 6) is -2.16. The van der Waals surface area contributed by atoms with E-state index in [-0.39, 0.29) is 23.5 Å². The van der Waals surface area contributed by atoms with Crippen LogP contribution in [0.15, 0.2) is 12.2 Å². The van der Waals surface area contributed by atoms with Gasteiger partial charge in [-0.05, 0) is 82.3 Å². The van der Waals surface area contributed by atoms with E-state index in [1.165, 1.54) is 19.1 Å². The van der Waals surface area contributed by atoms with E-state index in [1.807, 2.05) is 13.8 Å². The Balaban J connectivity index is 1.40. The molecule has 6 aliphatic rings. The first-order chi connectivity index (χ1) is 17.0. The molecule has 0 aromatic rings. The number of esters is 1. The predicted molar refractivity (Wildman–Crippen MR) is 132 cm³/mol. The van der Waals surface area contributed by atoms with E-state index in [4.69, 9.17) is 16.3 Å². The Morgan fingerprint density at radius 1 is 0.946 bits per heavy atom. The van der Waals surface area contributed by atoms with Crippen LogP contribution in [0.5, 0.6) is 0 Å². The van der Waals surface area contributed by atoms with Crippen molar-refractivity contribution in [2.24, 2.45) is 39.9 Å². The van der Waals surface area contributed by atoms with E-state index < -0.39 is 68.6 Å². The molecule has 0 aromatic heterocycles. The Hall–Kier alpha value is -1.03. The van der Waals surface area contributed by atoms with Crippen molar-refractivity contribution in [2.45, 2.75) is 107 Å². The molecule has 0 spiro atoms. The third kappa shape index (κ3) is 2.69. The number of hydrogen-bond donors (Lipinski definition) is 5. The zero-order chi connectivity index (χ0) is 27.1. The maximum atomic E-state index is 13.3. The molecule has 1 aliphatic heterocycles. The largest absolute Gasteiger partial charge is 0.460 e. The van der Waals surface area contributed by atoms with Gasteiger partial charge in [0, 0.05) is 16.7 Å². The highest BCUT2D eigenvalue weighted by Crippen LogP contribution is 2.72. The molecule has 5 aliphatic carbocycles. The Morgan fingerprint density at radius 2 is 1.62 bits per heavy atom. The maximum Gasteiger partial charge on any atom is 0.338 e. The fraction of sp³-hybridized carbons (Fsp3) is 0.857. The molecule has 4 saturated carbocycles. The third-order valence-corrected chi connectivity index (χ3v) is 13.3. The van der Waals surface area contributed by atoms with E-state index in [2.05, 4.69) is 0 Å². The van der Waals surface area contributed by atoms with Crippen molar-refractivity contribution in [3.8, 4) is 0 Å². The molecule has 14 atom stereocenters. The molecule has 1 saturated heterocycles. The van der Waals surface area contributed by atoms with Gasteiger partial charge >= 0.3 is 5.97 Å². The Labute approximate surface area is 222 Å². The number of ketones is 1. The van der Waals surface area contributed by atoms with Crippen LogP contribution >= 0.6 is 11.6 Å². The monoisotopic (exact) mass is 538 g/mol.